The summed E-state index contributed by atoms with van der Waals surface area (Å²) < 4.78 is 0.853. The van der Waals surface area contributed by atoms with E-state index in [0.717, 1.165) is 26.2 Å². The van der Waals surface area contributed by atoms with Gasteiger partial charge in [-0.05, 0) is 79.2 Å². The summed E-state index contributed by atoms with van der Waals surface area (Å²) in [5.41, 5.74) is 3.74. The maximum absolute atomic E-state index is 13.2. The summed E-state index contributed by atoms with van der Waals surface area (Å²) in [6, 6.07) is 30.9. The van der Waals surface area contributed by atoms with E-state index in [4.69, 9.17) is 0 Å². The quantitative estimate of drug-likeness (QED) is 0.144. The van der Waals surface area contributed by atoms with Crippen molar-refractivity contribution < 1.29 is 14.4 Å². The van der Waals surface area contributed by atoms with E-state index in [1.165, 1.54) is 11.8 Å². The molecule has 0 spiro atoms. The van der Waals surface area contributed by atoms with Crippen molar-refractivity contribution in [3.8, 4) is 0 Å². The zero-order chi connectivity index (χ0) is 27.6. The fourth-order valence-electron chi connectivity index (χ4n) is 3.52. The summed E-state index contributed by atoms with van der Waals surface area (Å²) in [7, 11) is 0. The van der Waals surface area contributed by atoms with Gasteiger partial charge in [-0.1, -0.05) is 64.0 Å². The molecular weight excluding hydrogens is 574 g/mol. The molecule has 0 unspecified atom stereocenters. The molecule has 0 aromatic heterocycles. The minimum atomic E-state index is -0.461. The van der Waals surface area contributed by atoms with E-state index in [-0.39, 0.29) is 23.3 Å². The molecule has 0 heterocycles. The minimum absolute atomic E-state index is 0.0993. The summed E-state index contributed by atoms with van der Waals surface area (Å²) in [6.07, 6.45) is 1.62. The number of carbonyl (C=O) groups is 3. The Hall–Kier alpha value is -4.14. The number of halogens is 1. The fourth-order valence-corrected chi connectivity index (χ4v) is 4.64. The molecule has 0 aliphatic heterocycles. The van der Waals surface area contributed by atoms with Crippen LogP contribution in [0.5, 0.6) is 0 Å². The Labute approximate surface area is 240 Å². The first-order valence-corrected chi connectivity index (χ1v) is 13.9. The van der Waals surface area contributed by atoms with Crippen molar-refractivity contribution in [3.05, 3.63) is 130 Å². The van der Waals surface area contributed by atoms with Gasteiger partial charge in [0.15, 0.2) is 0 Å². The van der Waals surface area contributed by atoms with E-state index >= 15 is 0 Å². The predicted molar refractivity (Wildman–Crippen MR) is 162 cm³/mol. The molecule has 0 saturated carbocycles. The third kappa shape index (κ3) is 8.70. The average molecular weight is 601 g/mol. The summed E-state index contributed by atoms with van der Waals surface area (Å²) in [6.45, 7) is 1.99. The van der Waals surface area contributed by atoms with Crippen LogP contribution in [0.3, 0.4) is 0 Å². The largest absolute Gasteiger partial charge is 0.325 e. The number of rotatable bonds is 9. The van der Waals surface area contributed by atoms with Gasteiger partial charge in [-0.15, -0.1) is 11.8 Å². The number of nitrogens with one attached hydrogen (secondary N) is 3. The summed E-state index contributed by atoms with van der Waals surface area (Å²) >= 11 is 4.83. The molecule has 0 saturated heterocycles. The minimum Gasteiger partial charge on any atom is -0.325 e. The lowest BCUT2D eigenvalue weighted by Crippen LogP contribution is -2.30. The van der Waals surface area contributed by atoms with Crippen LogP contribution in [0, 0.1) is 6.92 Å². The number of hydrogen-bond acceptors (Lipinski definition) is 4. The van der Waals surface area contributed by atoms with Gasteiger partial charge < -0.3 is 16.0 Å². The van der Waals surface area contributed by atoms with E-state index in [1.807, 2.05) is 73.7 Å². The Morgan fingerprint density at radius 2 is 1.46 bits per heavy atom. The maximum atomic E-state index is 13.2. The number of aryl methyl sites for hydroxylation is 1. The second-order valence-corrected chi connectivity index (χ2v) is 10.6. The number of thioether (sulfide) groups is 1. The van der Waals surface area contributed by atoms with Crippen LogP contribution >= 0.6 is 27.7 Å². The van der Waals surface area contributed by atoms with E-state index in [1.54, 1.807) is 42.5 Å². The Morgan fingerprint density at radius 1 is 0.795 bits per heavy atom. The van der Waals surface area contributed by atoms with Crippen molar-refractivity contribution in [2.24, 2.45) is 0 Å². The number of hydrogen-bond donors (Lipinski definition) is 3. The summed E-state index contributed by atoms with van der Waals surface area (Å²) in [5, 5.41) is 8.45. The van der Waals surface area contributed by atoms with Crippen LogP contribution in [0.1, 0.15) is 21.5 Å². The third-order valence-corrected chi connectivity index (χ3v) is 7.01. The molecule has 3 N–H and O–H groups in total. The standard InChI is InChI=1S/C31H26BrN3O3S/c1-21-10-12-25(13-11-21)33-29(36)20-39-27-16-14-26(15-17-27)34-31(38)28(19-22-6-5-9-24(32)18-22)35-30(37)23-7-3-2-4-8-23/h2-19H,20H2,1H3,(H,33,36)(H,34,38)(H,35,37)/b28-19-. The van der Waals surface area contributed by atoms with Gasteiger partial charge in [0.25, 0.3) is 11.8 Å². The Bertz CT molecular complexity index is 1490. The van der Waals surface area contributed by atoms with Gasteiger partial charge in [-0.25, -0.2) is 0 Å². The molecule has 0 bridgehead atoms. The van der Waals surface area contributed by atoms with E-state index in [9.17, 15) is 14.4 Å². The summed E-state index contributed by atoms with van der Waals surface area (Å²) in [4.78, 5) is 39.2. The van der Waals surface area contributed by atoms with Gasteiger partial charge in [0.05, 0.1) is 5.75 Å². The molecule has 4 aromatic carbocycles. The molecule has 8 heteroatoms. The molecule has 4 aromatic rings. The first-order chi connectivity index (χ1) is 18.9. The SMILES string of the molecule is Cc1ccc(NC(=O)CSc2ccc(NC(=O)/C(=C/c3cccc(Br)c3)NC(=O)c3ccccc3)cc2)cc1. The van der Waals surface area contributed by atoms with Crippen molar-refractivity contribution in [1.29, 1.82) is 0 Å². The van der Waals surface area contributed by atoms with Gasteiger partial charge >= 0.3 is 0 Å². The molecule has 0 radical (unpaired) electrons. The number of carbonyl (C=O) groups excluding carboxylic acids is 3. The van der Waals surface area contributed by atoms with Gasteiger partial charge in [-0.2, -0.15) is 0 Å². The molecule has 4 rings (SSSR count). The highest BCUT2D eigenvalue weighted by Gasteiger charge is 2.15. The lowest BCUT2D eigenvalue weighted by molar-refractivity contribution is -0.114. The van der Waals surface area contributed by atoms with Crippen molar-refractivity contribution in [3.63, 3.8) is 0 Å². The van der Waals surface area contributed by atoms with Crippen molar-refractivity contribution >= 4 is 62.9 Å². The van der Waals surface area contributed by atoms with Gasteiger partial charge in [0.2, 0.25) is 5.91 Å². The molecule has 196 valence electrons. The predicted octanol–water partition coefficient (Wildman–Crippen LogP) is 6.90. The highest BCUT2D eigenvalue weighted by molar-refractivity contribution is 9.10. The highest BCUT2D eigenvalue weighted by Crippen LogP contribution is 2.22. The first kappa shape index (κ1) is 27.9. The van der Waals surface area contributed by atoms with Gasteiger partial charge in [-0.3, -0.25) is 14.4 Å². The van der Waals surface area contributed by atoms with E-state index in [0.29, 0.717) is 11.3 Å². The molecule has 0 fully saturated rings. The van der Waals surface area contributed by atoms with Crippen LogP contribution in [0.25, 0.3) is 6.08 Å². The van der Waals surface area contributed by atoms with E-state index < -0.39 is 5.91 Å². The number of amides is 3. The van der Waals surface area contributed by atoms with Crippen LogP contribution in [0.15, 0.2) is 118 Å². The molecule has 0 aliphatic carbocycles. The lowest BCUT2D eigenvalue weighted by atomic mass is 10.1. The second-order valence-electron chi connectivity index (χ2n) is 8.61. The molecule has 3 amide bonds. The summed E-state index contributed by atoms with van der Waals surface area (Å²) in [5.74, 6) is -0.692. The average Bonchev–Trinajstić information content (AvgIpc) is 2.94. The smallest absolute Gasteiger partial charge is 0.272 e. The monoisotopic (exact) mass is 599 g/mol. The number of benzene rings is 4. The molecular formula is C31H26BrN3O3S. The second kappa shape index (κ2) is 13.6. The highest BCUT2D eigenvalue weighted by atomic mass is 79.9. The topological polar surface area (TPSA) is 87.3 Å². The molecule has 0 aliphatic rings. The Balaban J connectivity index is 1.40. The number of anilines is 2. The van der Waals surface area contributed by atoms with Crippen LogP contribution in [0.4, 0.5) is 11.4 Å². The molecule has 6 nitrogen and oxygen atoms in total. The maximum Gasteiger partial charge on any atom is 0.272 e. The van der Waals surface area contributed by atoms with Crippen LogP contribution in [-0.2, 0) is 9.59 Å². The Kier molecular flexibility index (Phi) is 9.72. The lowest BCUT2D eigenvalue weighted by Gasteiger charge is -2.12. The van der Waals surface area contributed by atoms with Crippen molar-refractivity contribution in [1.82, 2.24) is 5.32 Å². The first-order valence-electron chi connectivity index (χ1n) is 12.1. The fraction of sp³-hybridized carbons (Fsp3) is 0.0645. The zero-order valence-electron chi connectivity index (χ0n) is 21.1. The molecule has 39 heavy (non-hydrogen) atoms. The van der Waals surface area contributed by atoms with Gasteiger partial charge in [0.1, 0.15) is 5.70 Å². The van der Waals surface area contributed by atoms with E-state index in [2.05, 4.69) is 31.9 Å². The normalized spacial score (nSPS) is 11.0. The molecule has 0 atom stereocenters. The van der Waals surface area contributed by atoms with Crippen molar-refractivity contribution in [2.45, 2.75) is 11.8 Å². The van der Waals surface area contributed by atoms with Crippen LogP contribution in [0.2, 0.25) is 0 Å². The third-order valence-electron chi connectivity index (χ3n) is 5.51. The van der Waals surface area contributed by atoms with Gasteiger partial charge in [0, 0.05) is 26.3 Å². The van der Waals surface area contributed by atoms with Crippen molar-refractivity contribution in [2.75, 3.05) is 16.4 Å². The van der Waals surface area contributed by atoms with Crippen LogP contribution < -0.4 is 16.0 Å². The van der Waals surface area contributed by atoms with Crippen LogP contribution in [-0.4, -0.2) is 23.5 Å². The Morgan fingerprint density at radius 3 is 2.15 bits per heavy atom. The zero-order valence-corrected chi connectivity index (χ0v) is 23.5.